The van der Waals surface area contributed by atoms with Gasteiger partial charge in [0, 0.05) is 18.0 Å². The molecule has 0 spiro atoms. The fourth-order valence-electron chi connectivity index (χ4n) is 1.82. The van der Waals surface area contributed by atoms with E-state index in [1.165, 1.54) is 6.34 Å². The molecule has 0 aliphatic heterocycles. The van der Waals surface area contributed by atoms with E-state index in [2.05, 4.69) is 20.4 Å². The van der Waals surface area contributed by atoms with Crippen LogP contribution in [-0.4, -0.2) is 29.0 Å². The van der Waals surface area contributed by atoms with Crippen LogP contribution >= 0.6 is 11.6 Å². The van der Waals surface area contributed by atoms with E-state index in [-0.39, 0.29) is 6.10 Å². The van der Waals surface area contributed by atoms with Crippen LogP contribution in [0.3, 0.4) is 0 Å². The van der Waals surface area contributed by atoms with Crippen molar-refractivity contribution in [3.63, 3.8) is 0 Å². The Balaban J connectivity index is 2.16. The number of rotatable bonds is 6. The second-order valence-corrected chi connectivity index (χ2v) is 5.16. The molecule has 2 rings (SSSR count). The zero-order valence-corrected chi connectivity index (χ0v) is 13.2. The van der Waals surface area contributed by atoms with Crippen LogP contribution in [0.15, 0.2) is 35.6 Å². The third-order valence-corrected chi connectivity index (χ3v) is 3.21. The van der Waals surface area contributed by atoms with E-state index in [1.807, 2.05) is 26.0 Å². The average Bonchev–Trinajstić information content (AvgIpc) is 2.51. The number of halogens is 1. The van der Waals surface area contributed by atoms with Gasteiger partial charge >= 0.3 is 0 Å². The summed E-state index contributed by atoms with van der Waals surface area (Å²) in [6, 6.07) is 5.58. The molecule has 3 N–H and O–H groups in total. The van der Waals surface area contributed by atoms with Crippen molar-refractivity contribution in [2.45, 2.75) is 20.0 Å². The highest BCUT2D eigenvalue weighted by molar-refractivity contribution is 6.32. The van der Waals surface area contributed by atoms with Gasteiger partial charge in [0.05, 0.1) is 17.9 Å². The summed E-state index contributed by atoms with van der Waals surface area (Å²) in [5, 5.41) is 0.546. The molecular weight excluding hydrogens is 302 g/mol. The van der Waals surface area contributed by atoms with Gasteiger partial charge in [-0.25, -0.2) is 15.8 Å². The van der Waals surface area contributed by atoms with Crippen molar-refractivity contribution in [1.29, 1.82) is 0 Å². The summed E-state index contributed by atoms with van der Waals surface area (Å²) in [4.78, 5) is 12.4. The lowest BCUT2D eigenvalue weighted by molar-refractivity contribution is 0.231. The Hall–Kier alpha value is -2.18. The molecule has 0 bridgehead atoms. The van der Waals surface area contributed by atoms with Crippen LogP contribution in [0.4, 0.5) is 0 Å². The van der Waals surface area contributed by atoms with Gasteiger partial charge in [-0.2, -0.15) is 0 Å². The Bertz CT molecular complexity index is 645. The molecular formula is C15H18ClN5O. The summed E-state index contributed by atoms with van der Waals surface area (Å²) in [6.07, 6.45) is 4.83. The molecule has 0 aliphatic rings. The van der Waals surface area contributed by atoms with E-state index < -0.39 is 0 Å². The van der Waals surface area contributed by atoms with Gasteiger partial charge in [0.15, 0.2) is 0 Å². The number of aliphatic imine (C=N–C) groups is 1. The van der Waals surface area contributed by atoms with Gasteiger partial charge in [-0.05, 0) is 31.5 Å². The maximum Gasteiger partial charge on any atom is 0.139 e. The van der Waals surface area contributed by atoms with E-state index in [4.69, 9.17) is 22.2 Å². The minimum absolute atomic E-state index is 0.133. The monoisotopic (exact) mass is 319 g/mol. The zero-order chi connectivity index (χ0) is 15.9. The van der Waals surface area contributed by atoms with Crippen LogP contribution in [-0.2, 0) is 0 Å². The topological polar surface area (TPSA) is 85.4 Å². The van der Waals surface area contributed by atoms with Gasteiger partial charge in [-0.1, -0.05) is 17.7 Å². The number of hydrazine groups is 1. The number of aryl methyl sites for hydroxylation is 1. The fraction of sp³-hybridized carbons (Fsp3) is 0.267. The quantitative estimate of drug-likeness (QED) is 0.369. The lowest BCUT2D eigenvalue weighted by Crippen LogP contribution is -2.21. The first-order valence-electron chi connectivity index (χ1n) is 6.80. The van der Waals surface area contributed by atoms with E-state index in [0.29, 0.717) is 17.3 Å². The number of aromatic nitrogens is 2. The maximum atomic E-state index is 6.19. The predicted octanol–water partition coefficient (Wildman–Crippen LogP) is 2.36. The molecule has 1 atom stereocenters. The van der Waals surface area contributed by atoms with Crippen LogP contribution in [0.1, 0.15) is 12.7 Å². The first-order chi connectivity index (χ1) is 10.6. The lowest BCUT2D eigenvalue weighted by atomic mass is 10.1. The third-order valence-electron chi connectivity index (χ3n) is 2.90. The molecule has 0 radical (unpaired) electrons. The molecule has 1 heterocycles. The van der Waals surface area contributed by atoms with E-state index in [9.17, 15) is 0 Å². The number of hydrogen-bond acceptors (Lipinski definition) is 5. The number of ether oxygens (including phenoxy) is 1. The average molecular weight is 320 g/mol. The maximum absolute atomic E-state index is 6.19. The van der Waals surface area contributed by atoms with Crippen molar-refractivity contribution < 1.29 is 4.74 Å². The summed E-state index contributed by atoms with van der Waals surface area (Å²) in [7, 11) is 0. The van der Waals surface area contributed by atoms with Crippen molar-refractivity contribution in [3.05, 3.63) is 41.4 Å². The standard InChI is InChI=1S/C15H18ClN5O/c1-10(6-18-9-21-17)22-15-5-12(3-4-14(15)16)13-7-19-11(2)20-8-13/h3-5,7-10H,6,17H2,1-2H3,(H,18,21)/t10-/m0/s1. The van der Waals surface area contributed by atoms with Crippen LogP contribution < -0.4 is 16.0 Å². The van der Waals surface area contributed by atoms with Gasteiger partial charge < -0.3 is 10.2 Å². The predicted molar refractivity (Wildman–Crippen MR) is 88.0 cm³/mol. The number of hydrogen-bond donors (Lipinski definition) is 2. The molecule has 6 nitrogen and oxygen atoms in total. The zero-order valence-electron chi connectivity index (χ0n) is 12.5. The van der Waals surface area contributed by atoms with Gasteiger partial charge in [-0.15, -0.1) is 0 Å². The van der Waals surface area contributed by atoms with Crippen molar-refractivity contribution in [3.8, 4) is 16.9 Å². The molecule has 1 aromatic heterocycles. The van der Waals surface area contributed by atoms with Gasteiger partial charge in [0.25, 0.3) is 0 Å². The van der Waals surface area contributed by atoms with Crippen LogP contribution in [0.25, 0.3) is 11.1 Å². The Morgan fingerprint density at radius 2 is 2.09 bits per heavy atom. The summed E-state index contributed by atoms with van der Waals surface area (Å²) >= 11 is 6.19. The summed E-state index contributed by atoms with van der Waals surface area (Å²) in [5.41, 5.74) is 4.20. The Labute approximate surface area is 134 Å². The highest BCUT2D eigenvalue weighted by atomic mass is 35.5. The number of nitrogens with one attached hydrogen (secondary N) is 1. The first-order valence-corrected chi connectivity index (χ1v) is 7.17. The number of nitrogens with two attached hydrogens (primary N) is 1. The molecule has 0 saturated carbocycles. The number of benzene rings is 1. The van der Waals surface area contributed by atoms with Crippen molar-refractivity contribution in [1.82, 2.24) is 15.4 Å². The largest absolute Gasteiger partial charge is 0.487 e. The Morgan fingerprint density at radius 3 is 2.77 bits per heavy atom. The first kappa shape index (κ1) is 16.2. The van der Waals surface area contributed by atoms with Crippen molar-refractivity contribution >= 4 is 17.9 Å². The van der Waals surface area contributed by atoms with Gasteiger partial charge in [0.2, 0.25) is 0 Å². The highest BCUT2D eigenvalue weighted by Crippen LogP contribution is 2.30. The number of nitrogens with zero attached hydrogens (tertiary/aromatic N) is 3. The molecule has 0 aliphatic carbocycles. The minimum Gasteiger partial charge on any atom is -0.487 e. The van der Waals surface area contributed by atoms with E-state index in [1.54, 1.807) is 18.5 Å². The molecule has 0 saturated heterocycles. The summed E-state index contributed by atoms with van der Waals surface area (Å²) in [6.45, 7) is 4.23. The van der Waals surface area contributed by atoms with Gasteiger partial charge in [-0.3, -0.25) is 4.99 Å². The van der Waals surface area contributed by atoms with Crippen molar-refractivity contribution in [2.75, 3.05) is 6.54 Å². The Kier molecular flexibility index (Phi) is 5.68. The van der Waals surface area contributed by atoms with E-state index in [0.717, 1.165) is 17.0 Å². The molecule has 0 fully saturated rings. The summed E-state index contributed by atoms with van der Waals surface area (Å²) in [5.74, 6) is 6.44. The summed E-state index contributed by atoms with van der Waals surface area (Å²) < 4.78 is 5.82. The molecule has 22 heavy (non-hydrogen) atoms. The Morgan fingerprint density at radius 1 is 1.36 bits per heavy atom. The van der Waals surface area contributed by atoms with Crippen LogP contribution in [0.5, 0.6) is 5.75 Å². The van der Waals surface area contributed by atoms with E-state index >= 15 is 0 Å². The second-order valence-electron chi connectivity index (χ2n) is 4.75. The fourth-order valence-corrected chi connectivity index (χ4v) is 1.98. The molecule has 0 amide bonds. The SMILES string of the molecule is Cc1ncc(-c2ccc(Cl)c(O[C@@H](C)CN=CNN)c2)cn1. The minimum atomic E-state index is -0.133. The molecule has 2 aromatic rings. The van der Waals surface area contributed by atoms with Gasteiger partial charge in [0.1, 0.15) is 17.7 Å². The smallest absolute Gasteiger partial charge is 0.139 e. The second kappa shape index (κ2) is 7.72. The highest BCUT2D eigenvalue weighted by Gasteiger charge is 2.09. The normalized spacial score (nSPS) is 12.4. The third kappa shape index (κ3) is 4.41. The van der Waals surface area contributed by atoms with Crippen LogP contribution in [0, 0.1) is 6.92 Å². The lowest BCUT2D eigenvalue weighted by Gasteiger charge is -2.15. The molecule has 7 heteroatoms. The molecule has 0 unspecified atom stereocenters. The molecule has 1 aromatic carbocycles. The molecule has 116 valence electrons. The van der Waals surface area contributed by atoms with Crippen molar-refractivity contribution in [2.24, 2.45) is 10.8 Å². The van der Waals surface area contributed by atoms with Crippen LogP contribution in [0.2, 0.25) is 5.02 Å².